The number of rotatable bonds is 2. The molecule has 0 saturated carbocycles. The topological polar surface area (TPSA) is 24.1 Å². The molecule has 2 nitrogen and oxygen atoms in total. The minimum Gasteiger partial charge on any atom is -0.363 e. The van der Waals surface area contributed by atoms with E-state index in [2.05, 4.69) is 10.6 Å². The van der Waals surface area contributed by atoms with E-state index in [1.807, 2.05) is 6.92 Å². The molecule has 0 fully saturated rings. The van der Waals surface area contributed by atoms with E-state index in [0.717, 1.165) is 6.54 Å². The lowest BCUT2D eigenvalue weighted by Crippen LogP contribution is -2.27. The van der Waals surface area contributed by atoms with E-state index < -0.39 is 5.82 Å². The fraction of sp³-hybridized carbons (Fsp3) is 0.222. The summed E-state index contributed by atoms with van der Waals surface area (Å²) >= 11 is 10.5. The number of nitrogens with one attached hydrogen (secondary N) is 2. The Kier molecular flexibility index (Phi) is 4.10. The van der Waals surface area contributed by atoms with Gasteiger partial charge >= 0.3 is 0 Å². The second-order valence-electron chi connectivity index (χ2n) is 2.61. The van der Waals surface area contributed by atoms with Crippen LogP contribution in [0.4, 0.5) is 10.1 Å². The first-order chi connectivity index (χ1) is 6.63. The fourth-order valence-electron chi connectivity index (χ4n) is 0.910. The molecule has 0 heterocycles. The maximum absolute atomic E-state index is 13.0. The van der Waals surface area contributed by atoms with Crippen molar-refractivity contribution in [3.05, 3.63) is 29.0 Å². The summed E-state index contributed by atoms with van der Waals surface area (Å²) in [6.45, 7) is 2.65. The Morgan fingerprint density at radius 3 is 2.86 bits per heavy atom. The monoisotopic (exact) mass is 232 g/mol. The van der Waals surface area contributed by atoms with Crippen molar-refractivity contribution in [2.75, 3.05) is 11.9 Å². The molecule has 0 bridgehead atoms. The summed E-state index contributed by atoms with van der Waals surface area (Å²) in [6, 6.07) is 4.44. The van der Waals surface area contributed by atoms with Crippen molar-refractivity contribution in [1.82, 2.24) is 5.32 Å². The van der Waals surface area contributed by atoms with Crippen LogP contribution in [0.3, 0.4) is 0 Å². The smallest absolute Gasteiger partial charge is 0.170 e. The second-order valence-corrected chi connectivity index (χ2v) is 3.43. The molecule has 0 aliphatic rings. The molecular formula is C9H10ClFN2S. The fourth-order valence-corrected chi connectivity index (χ4v) is 1.29. The van der Waals surface area contributed by atoms with Crippen molar-refractivity contribution in [3.8, 4) is 0 Å². The summed E-state index contributed by atoms with van der Waals surface area (Å²) in [6.07, 6.45) is 0. The van der Waals surface area contributed by atoms with E-state index in [9.17, 15) is 4.39 Å². The molecular weight excluding hydrogens is 223 g/mol. The molecule has 0 unspecified atom stereocenters. The van der Waals surface area contributed by atoms with Crippen LogP contribution in [0, 0.1) is 5.82 Å². The van der Waals surface area contributed by atoms with Crippen molar-refractivity contribution in [3.63, 3.8) is 0 Å². The Labute approximate surface area is 92.5 Å². The van der Waals surface area contributed by atoms with Gasteiger partial charge in [0.05, 0.1) is 5.02 Å². The summed E-state index contributed by atoms with van der Waals surface area (Å²) < 4.78 is 13.0. The van der Waals surface area contributed by atoms with Gasteiger partial charge < -0.3 is 10.6 Å². The number of hydrogen-bond donors (Lipinski definition) is 2. The Morgan fingerprint density at radius 1 is 1.57 bits per heavy atom. The lowest BCUT2D eigenvalue weighted by molar-refractivity contribution is 0.629. The van der Waals surface area contributed by atoms with Crippen molar-refractivity contribution in [2.45, 2.75) is 6.92 Å². The molecule has 1 aromatic carbocycles. The van der Waals surface area contributed by atoms with Gasteiger partial charge in [-0.1, -0.05) is 11.6 Å². The molecule has 1 rings (SSSR count). The SMILES string of the molecule is CCNC(=S)Nc1ccc(Cl)c(F)c1. The van der Waals surface area contributed by atoms with Crippen molar-refractivity contribution in [1.29, 1.82) is 0 Å². The predicted octanol–water partition coefficient (Wildman–Crippen LogP) is 2.79. The molecule has 0 amide bonds. The van der Waals surface area contributed by atoms with Crippen LogP contribution in [0.15, 0.2) is 18.2 Å². The highest BCUT2D eigenvalue weighted by Gasteiger charge is 2.01. The average Bonchev–Trinajstić information content (AvgIpc) is 2.12. The summed E-state index contributed by atoms with van der Waals surface area (Å²) in [4.78, 5) is 0. The summed E-state index contributed by atoms with van der Waals surface area (Å²) in [5.41, 5.74) is 0.581. The van der Waals surface area contributed by atoms with Gasteiger partial charge in [-0.05, 0) is 37.3 Å². The Bertz CT molecular complexity index is 344. The van der Waals surface area contributed by atoms with E-state index in [4.69, 9.17) is 23.8 Å². The van der Waals surface area contributed by atoms with Gasteiger partial charge in [-0.15, -0.1) is 0 Å². The minimum absolute atomic E-state index is 0.102. The predicted molar refractivity (Wildman–Crippen MR) is 61.3 cm³/mol. The maximum Gasteiger partial charge on any atom is 0.170 e. The summed E-state index contributed by atoms with van der Waals surface area (Å²) in [5.74, 6) is -0.462. The highest BCUT2D eigenvalue weighted by Crippen LogP contribution is 2.18. The van der Waals surface area contributed by atoms with Crippen LogP contribution >= 0.6 is 23.8 Å². The van der Waals surface area contributed by atoms with Crippen LogP contribution in [0.2, 0.25) is 5.02 Å². The highest BCUT2D eigenvalue weighted by molar-refractivity contribution is 7.80. The number of anilines is 1. The third-order valence-electron chi connectivity index (χ3n) is 1.51. The first-order valence-electron chi connectivity index (χ1n) is 4.13. The van der Waals surface area contributed by atoms with Gasteiger partial charge in [-0.25, -0.2) is 4.39 Å². The van der Waals surface area contributed by atoms with Crippen LogP contribution < -0.4 is 10.6 Å². The Hall–Kier alpha value is -0.870. The van der Waals surface area contributed by atoms with Crippen LogP contribution in [0.5, 0.6) is 0 Å². The molecule has 0 aliphatic heterocycles. The molecule has 0 saturated heterocycles. The Morgan fingerprint density at radius 2 is 2.29 bits per heavy atom. The van der Waals surface area contributed by atoms with E-state index >= 15 is 0 Å². The van der Waals surface area contributed by atoms with Gasteiger partial charge in [0, 0.05) is 12.2 Å². The van der Waals surface area contributed by atoms with E-state index in [1.54, 1.807) is 6.07 Å². The first kappa shape index (κ1) is 11.2. The van der Waals surface area contributed by atoms with E-state index in [1.165, 1.54) is 12.1 Å². The highest BCUT2D eigenvalue weighted by atomic mass is 35.5. The van der Waals surface area contributed by atoms with Gasteiger partial charge in [-0.3, -0.25) is 0 Å². The third kappa shape index (κ3) is 3.12. The minimum atomic E-state index is -0.462. The zero-order chi connectivity index (χ0) is 10.6. The molecule has 0 spiro atoms. The first-order valence-corrected chi connectivity index (χ1v) is 4.92. The number of hydrogen-bond acceptors (Lipinski definition) is 1. The summed E-state index contributed by atoms with van der Waals surface area (Å²) in [5, 5.41) is 6.29. The van der Waals surface area contributed by atoms with Crippen LogP contribution in [0.1, 0.15) is 6.92 Å². The van der Waals surface area contributed by atoms with Crippen molar-refractivity contribution < 1.29 is 4.39 Å². The van der Waals surface area contributed by atoms with Gasteiger partial charge in [0.2, 0.25) is 0 Å². The molecule has 1 aromatic rings. The molecule has 2 N–H and O–H groups in total. The molecule has 0 aromatic heterocycles. The average molecular weight is 233 g/mol. The van der Waals surface area contributed by atoms with Gasteiger partial charge in [0.15, 0.2) is 5.11 Å². The third-order valence-corrected chi connectivity index (χ3v) is 2.07. The van der Waals surface area contributed by atoms with Crippen LogP contribution in [0.25, 0.3) is 0 Å². The lowest BCUT2D eigenvalue weighted by atomic mass is 10.3. The zero-order valence-electron chi connectivity index (χ0n) is 7.60. The molecule has 14 heavy (non-hydrogen) atoms. The van der Waals surface area contributed by atoms with Crippen LogP contribution in [-0.4, -0.2) is 11.7 Å². The number of thiocarbonyl (C=S) groups is 1. The maximum atomic E-state index is 13.0. The van der Waals surface area contributed by atoms with E-state index in [0.29, 0.717) is 10.8 Å². The van der Waals surface area contributed by atoms with Crippen molar-refractivity contribution in [2.24, 2.45) is 0 Å². The second kappa shape index (κ2) is 5.12. The molecule has 5 heteroatoms. The number of benzene rings is 1. The number of halogens is 2. The van der Waals surface area contributed by atoms with Crippen molar-refractivity contribution >= 4 is 34.6 Å². The normalized spacial score (nSPS) is 9.64. The molecule has 76 valence electrons. The molecule has 0 atom stereocenters. The zero-order valence-corrected chi connectivity index (χ0v) is 9.18. The molecule has 0 radical (unpaired) electrons. The van der Waals surface area contributed by atoms with Gasteiger partial charge in [0.1, 0.15) is 5.82 Å². The van der Waals surface area contributed by atoms with E-state index in [-0.39, 0.29) is 5.02 Å². The lowest BCUT2D eigenvalue weighted by Gasteiger charge is -2.08. The largest absolute Gasteiger partial charge is 0.363 e. The standard InChI is InChI=1S/C9H10ClFN2S/c1-2-12-9(14)13-6-3-4-7(10)8(11)5-6/h3-5H,2H2,1H3,(H2,12,13,14). The molecule has 0 aliphatic carbocycles. The summed E-state index contributed by atoms with van der Waals surface area (Å²) in [7, 11) is 0. The quantitative estimate of drug-likeness (QED) is 0.767. The van der Waals surface area contributed by atoms with Gasteiger partial charge in [0.25, 0.3) is 0 Å². The Balaban J connectivity index is 2.68. The van der Waals surface area contributed by atoms with Crippen LogP contribution in [-0.2, 0) is 0 Å². The van der Waals surface area contributed by atoms with Gasteiger partial charge in [-0.2, -0.15) is 0 Å².